The molecule has 1 atom stereocenters. The molecule has 1 fully saturated rings. The minimum atomic E-state index is -4.16. The van der Waals surface area contributed by atoms with Gasteiger partial charge in [-0.1, -0.05) is 42.7 Å². The van der Waals surface area contributed by atoms with Crippen LogP contribution in [0, 0.1) is 6.92 Å². The molecule has 1 saturated carbocycles. The summed E-state index contributed by atoms with van der Waals surface area (Å²) in [5, 5.41) is 3.08. The summed E-state index contributed by atoms with van der Waals surface area (Å²) in [5.74, 6) is 0.456. The van der Waals surface area contributed by atoms with E-state index in [9.17, 15) is 18.0 Å². The molecule has 43 heavy (non-hydrogen) atoms. The van der Waals surface area contributed by atoms with Gasteiger partial charge in [-0.05, 0) is 87.7 Å². The van der Waals surface area contributed by atoms with Crippen molar-refractivity contribution in [2.45, 2.75) is 70.0 Å². The first-order valence-corrected chi connectivity index (χ1v) is 16.1. The van der Waals surface area contributed by atoms with Crippen LogP contribution in [0.4, 0.5) is 5.69 Å². The maximum Gasteiger partial charge on any atom is 0.264 e. The first-order chi connectivity index (χ1) is 20.6. The third kappa shape index (κ3) is 8.07. The third-order valence-corrected chi connectivity index (χ3v) is 9.49. The molecular formula is C33H41N3O6S. The van der Waals surface area contributed by atoms with Gasteiger partial charge in [-0.2, -0.15) is 0 Å². The van der Waals surface area contributed by atoms with E-state index in [4.69, 9.17) is 9.47 Å². The highest BCUT2D eigenvalue weighted by Crippen LogP contribution is 2.27. The van der Waals surface area contributed by atoms with E-state index in [0.29, 0.717) is 23.8 Å². The SMILES string of the molecule is CCOc1ccc(S(=O)(=O)N(CC(=O)N(Cc2ccc(OC)cc2)[C@@H](C)C(=O)NC2CCCC2)c2ccc(C)cc2)cc1. The van der Waals surface area contributed by atoms with Gasteiger partial charge in [0.2, 0.25) is 11.8 Å². The molecule has 0 saturated heterocycles. The molecule has 3 aromatic rings. The molecular weight excluding hydrogens is 566 g/mol. The van der Waals surface area contributed by atoms with Crippen LogP contribution >= 0.6 is 0 Å². The molecule has 1 aliphatic rings. The standard InChI is InChI=1S/C33H41N3O6S/c1-5-42-30-18-20-31(21-19-30)43(39,40)36(28-14-10-24(2)11-15-28)23-32(37)35(22-26-12-16-29(41-4)17-13-26)25(3)33(38)34-27-8-6-7-9-27/h10-21,25,27H,5-9,22-23H2,1-4H3,(H,34,38)/t25-/m0/s1. The molecule has 1 aliphatic carbocycles. The second-order valence-electron chi connectivity index (χ2n) is 10.8. The zero-order valence-electron chi connectivity index (χ0n) is 25.3. The Morgan fingerprint density at radius 2 is 1.53 bits per heavy atom. The quantitative estimate of drug-likeness (QED) is 0.291. The molecule has 0 heterocycles. The lowest BCUT2D eigenvalue weighted by atomic mass is 10.1. The van der Waals surface area contributed by atoms with Gasteiger partial charge in [0, 0.05) is 12.6 Å². The van der Waals surface area contributed by atoms with Crippen LogP contribution < -0.4 is 19.1 Å². The van der Waals surface area contributed by atoms with E-state index in [0.717, 1.165) is 41.1 Å². The fourth-order valence-electron chi connectivity index (χ4n) is 5.14. The monoisotopic (exact) mass is 607 g/mol. The van der Waals surface area contributed by atoms with Crippen molar-refractivity contribution in [3.8, 4) is 11.5 Å². The number of ether oxygens (including phenoxy) is 2. The van der Waals surface area contributed by atoms with E-state index in [2.05, 4.69) is 5.32 Å². The second kappa shape index (κ2) is 14.4. The lowest BCUT2D eigenvalue weighted by molar-refractivity contribution is -0.139. The molecule has 9 nitrogen and oxygen atoms in total. The van der Waals surface area contributed by atoms with Crippen molar-refractivity contribution in [2.24, 2.45) is 0 Å². The molecule has 3 aromatic carbocycles. The Morgan fingerprint density at radius 1 is 0.930 bits per heavy atom. The van der Waals surface area contributed by atoms with Crippen molar-refractivity contribution in [1.29, 1.82) is 0 Å². The summed E-state index contributed by atoms with van der Waals surface area (Å²) in [6.07, 6.45) is 3.93. The van der Waals surface area contributed by atoms with Crippen molar-refractivity contribution in [3.63, 3.8) is 0 Å². The van der Waals surface area contributed by atoms with Gasteiger partial charge in [-0.15, -0.1) is 0 Å². The Morgan fingerprint density at radius 3 is 2.12 bits per heavy atom. The number of anilines is 1. The summed E-state index contributed by atoms with van der Waals surface area (Å²) in [7, 11) is -2.59. The number of carbonyl (C=O) groups is 2. The van der Waals surface area contributed by atoms with Crippen LogP contribution in [-0.4, -0.2) is 57.5 Å². The maximum absolute atomic E-state index is 14.1. The molecule has 1 N–H and O–H groups in total. The van der Waals surface area contributed by atoms with Crippen molar-refractivity contribution >= 4 is 27.5 Å². The largest absolute Gasteiger partial charge is 0.497 e. The fourth-order valence-corrected chi connectivity index (χ4v) is 6.56. The highest BCUT2D eigenvalue weighted by atomic mass is 32.2. The summed E-state index contributed by atoms with van der Waals surface area (Å²) in [5.41, 5.74) is 2.08. The average molecular weight is 608 g/mol. The van der Waals surface area contributed by atoms with E-state index in [1.165, 1.54) is 17.0 Å². The predicted octanol–water partition coefficient (Wildman–Crippen LogP) is 5.07. The number of amides is 2. The number of benzene rings is 3. The smallest absolute Gasteiger partial charge is 0.264 e. The number of hydrogen-bond donors (Lipinski definition) is 1. The van der Waals surface area contributed by atoms with Gasteiger partial charge in [0.25, 0.3) is 10.0 Å². The number of aryl methyl sites for hydroxylation is 1. The van der Waals surface area contributed by atoms with Crippen molar-refractivity contribution in [1.82, 2.24) is 10.2 Å². The Hall–Kier alpha value is -4.05. The molecule has 0 aliphatic heterocycles. The third-order valence-electron chi connectivity index (χ3n) is 7.70. The lowest BCUT2D eigenvalue weighted by Gasteiger charge is -2.32. The highest BCUT2D eigenvalue weighted by Gasteiger charge is 2.33. The van der Waals surface area contributed by atoms with Gasteiger partial charge in [0.05, 0.1) is 24.3 Å². The van der Waals surface area contributed by atoms with E-state index in [-0.39, 0.29) is 23.4 Å². The van der Waals surface area contributed by atoms with Crippen molar-refractivity contribution in [3.05, 3.63) is 83.9 Å². The number of sulfonamides is 1. The van der Waals surface area contributed by atoms with Gasteiger partial charge >= 0.3 is 0 Å². The molecule has 10 heteroatoms. The van der Waals surface area contributed by atoms with Crippen LogP contribution in [0.2, 0.25) is 0 Å². The molecule has 2 amide bonds. The molecule has 0 unspecified atom stereocenters. The number of nitrogens with one attached hydrogen (secondary N) is 1. The summed E-state index contributed by atoms with van der Waals surface area (Å²) < 4.78 is 39.9. The number of methoxy groups -OCH3 is 1. The van der Waals surface area contributed by atoms with E-state index in [1.54, 1.807) is 62.6 Å². The highest BCUT2D eigenvalue weighted by molar-refractivity contribution is 7.92. The minimum Gasteiger partial charge on any atom is -0.497 e. The molecule has 0 spiro atoms. The first kappa shape index (κ1) is 31.9. The Balaban J connectivity index is 1.67. The van der Waals surface area contributed by atoms with Crippen molar-refractivity contribution in [2.75, 3.05) is 24.6 Å². The van der Waals surface area contributed by atoms with E-state index < -0.39 is 28.5 Å². The van der Waals surface area contributed by atoms with Crippen LogP contribution in [0.3, 0.4) is 0 Å². The molecule has 0 bridgehead atoms. The van der Waals surface area contributed by atoms with Crippen LogP contribution in [0.1, 0.15) is 50.7 Å². The van der Waals surface area contributed by atoms with Gasteiger partial charge in [0.1, 0.15) is 24.1 Å². The van der Waals surface area contributed by atoms with Crippen molar-refractivity contribution < 1.29 is 27.5 Å². The zero-order chi connectivity index (χ0) is 31.0. The van der Waals surface area contributed by atoms with Crippen LogP contribution in [0.15, 0.2) is 77.7 Å². The van der Waals surface area contributed by atoms with Gasteiger partial charge in [-0.25, -0.2) is 8.42 Å². The number of carbonyl (C=O) groups excluding carboxylic acids is 2. The van der Waals surface area contributed by atoms with Crippen LogP contribution in [0.5, 0.6) is 11.5 Å². The Bertz CT molecular complexity index is 1470. The van der Waals surface area contributed by atoms with Gasteiger partial charge < -0.3 is 19.7 Å². The normalized spacial score (nSPS) is 14.1. The Kier molecular flexibility index (Phi) is 10.7. The summed E-state index contributed by atoms with van der Waals surface area (Å²) >= 11 is 0. The molecule has 0 aromatic heterocycles. The van der Waals surface area contributed by atoms with Crippen LogP contribution in [0.25, 0.3) is 0 Å². The number of rotatable bonds is 13. The van der Waals surface area contributed by atoms with E-state index >= 15 is 0 Å². The molecule has 0 radical (unpaired) electrons. The summed E-state index contributed by atoms with van der Waals surface area (Å²) in [6.45, 7) is 5.52. The fraction of sp³-hybridized carbons (Fsp3) is 0.394. The van der Waals surface area contributed by atoms with Gasteiger partial charge in [-0.3, -0.25) is 13.9 Å². The minimum absolute atomic E-state index is 0.0260. The lowest BCUT2D eigenvalue weighted by Crippen LogP contribution is -2.52. The summed E-state index contributed by atoms with van der Waals surface area (Å²) in [6, 6.07) is 19.6. The zero-order valence-corrected chi connectivity index (χ0v) is 26.1. The molecule has 4 rings (SSSR count). The predicted molar refractivity (Wildman–Crippen MR) is 167 cm³/mol. The topological polar surface area (TPSA) is 105 Å². The maximum atomic E-state index is 14.1. The van der Waals surface area contributed by atoms with E-state index in [1.807, 2.05) is 26.0 Å². The number of nitrogens with zero attached hydrogens (tertiary/aromatic N) is 2. The summed E-state index contributed by atoms with van der Waals surface area (Å²) in [4.78, 5) is 29.0. The average Bonchev–Trinajstić information content (AvgIpc) is 3.52. The first-order valence-electron chi connectivity index (χ1n) is 14.7. The second-order valence-corrected chi connectivity index (χ2v) is 12.6. The van der Waals surface area contributed by atoms with Gasteiger partial charge in [0.15, 0.2) is 0 Å². The number of hydrogen-bond acceptors (Lipinski definition) is 6. The van der Waals surface area contributed by atoms with Crippen LogP contribution in [-0.2, 0) is 26.2 Å². The Labute approximate surface area is 254 Å². The molecule has 230 valence electrons.